The van der Waals surface area contributed by atoms with Gasteiger partial charge in [0.25, 0.3) is 0 Å². The fraction of sp³-hybridized carbons (Fsp3) is 0.500. The lowest BCUT2D eigenvalue weighted by Gasteiger charge is -2.01. The van der Waals surface area contributed by atoms with Crippen LogP contribution < -0.4 is 11.1 Å². The van der Waals surface area contributed by atoms with Gasteiger partial charge in [-0.15, -0.1) is 0 Å². The quantitative estimate of drug-likeness (QED) is 0.427. The van der Waals surface area contributed by atoms with Crippen molar-refractivity contribution in [3.05, 3.63) is 11.8 Å². The van der Waals surface area contributed by atoms with E-state index in [2.05, 4.69) is 10.3 Å². The molecule has 0 bridgehead atoms. The molecule has 0 atom stereocenters. The van der Waals surface area contributed by atoms with E-state index in [-0.39, 0.29) is 12.4 Å². The summed E-state index contributed by atoms with van der Waals surface area (Å²) in [6.07, 6.45) is 1.69. The monoisotopic (exact) mass is 184 g/mol. The summed E-state index contributed by atoms with van der Waals surface area (Å²) in [5, 5.41) is 10.3. The Balaban J connectivity index is 4.28. The smallest absolute Gasteiger partial charge is 0.151 e. The highest BCUT2D eigenvalue weighted by Crippen LogP contribution is 1.94. The van der Waals surface area contributed by atoms with E-state index in [1.54, 1.807) is 20.2 Å². The van der Waals surface area contributed by atoms with Gasteiger partial charge in [-0.2, -0.15) is 0 Å². The summed E-state index contributed by atoms with van der Waals surface area (Å²) >= 11 is 0. The number of hydrogen-bond donors (Lipinski definition) is 3. The van der Waals surface area contributed by atoms with Gasteiger partial charge in [0, 0.05) is 25.9 Å². The van der Waals surface area contributed by atoms with Gasteiger partial charge in [-0.1, -0.05) is 0 Å². The number of ether oxygens (including phenoxy) is 1. The molecule has 0 fully saturated rings. The van der Waals surface area contributed by atoms with E-state index in [4.69, 9.17) is 15.9 Å². The van der Waals surface area contributed by atoms with Crippen molar-refractivity contribution in [3.63, 3.8) is 0 Å². The van der Waals surface area contributed by atoms with E-state index >= 15 is 0 Å². The number of rotatable bonds is 4. The minimum Gasteiger partial charge on any atom is -0.394 e. The fourth-order valence-corrected chi connectivity index (χ4v) is 0.697. The zero-order valence-electron chi connectivity index (χ0n) is 8.22. The van der Waals surface area contributed by atoms with Gasteiger partial charge in [-0.3, -0.25) is 5.41 Å². The Morgan fingerprint density at radius 1 is 1.69 bits per heavy atom. The first kappa shape index (κ1) is 11.6. The second kappa shape index (κ2) is 6.19. The molecule has 0 heterocycles. The number of amidine groups is 2. The van der Waals surface area contributed by atoms with Crippen molar-refractivity contribution in [3.8, 4) is 0 Å². The molecule has 4 N–H and O–H groups in total. The van der Waals surface area contributed by atoms with Gasteiger partial charge in [-0.25, -0.2) is 4.99 Å². The predicted octanol–water partition coefficient (Wildman–Crippen LogP) is 0.0905. The second-order valence-corrected chi connectivity index (χ2v) is 2.50. The zero-order chi connectivity index (χ0) is 10.3. The van der Waals surface area contributed by atoms with Crippen LogP contribution in [0.3, 0.4) is 0 Å². The first-order chi connectivity index (χ1) is 6.11. The van der Waals surface area contributed by atoms with Crippen LogP contribution in [0.5, 0.6) is 0 Å². The third-order valence-corrected chi connectivity index (χ3v) is 1.28. The Kier molecular flexibility index (Phi) is 5.54. The minimum atomic E-state index is 0.143. The molecule has 5 heteroatoms. The first-order valence-electron chi connectivity index (χ1n) is 3.86. The number of nitrogens with two attached hydrogens (primary N) is 1. The van der Waals surface area contributed by atoms with Crippen molar-refractivity contribution in [2.45, 2.75) is 6.92 Å². The van der Waals surface area contributed by atoms with Crippen LogP contribution in [0.4, 0.5) is 0 Å². The molecule has 0 rings (SSSR count). The highest BCUT2D eigenvalue weighted by molar-refractivity contribution is 6.03. The highest BCUT2D eigenvalue weighted by Gasteiger charge is 1.98. The number of nitrogens with zero attached hydrogens (tertiary/aromatic N) is 1. The molecule has 0 aromatic rings. The van der Waals surface area contributed by atoms with Gasteiger partial charge in [-0.05, 0) is 6.92 Å². The van der Waals surface area contributed by atoms with E-state index in [9.17, 15) is 0 Å². The fourth-order valence-electron chi connectivity index (χ4n) is 0.697. The molecular formula is C8H16N4O. The van der Waals surface area contributed by atoms with E-state index in [0.717, 1.165) is 5.57 Å². The van der Waals surface area contributed by atoms with E-state index in [1.807, 2.05) is 0 Å². The van der Waals surface area contributed by atoms with Crippen LogP contribution in [0, 0.1) is 5.41 Å². The molecule has 0 radical (unpaired) electrons. The Hall–Kier alpha value is -1.36. The summed E-state index contributed by atoms with van der Waals surface area (Å²) in [4.78, 5) is 3.83. The van der Waals surface area contributed by atoms with Gasteiger partial charge < -0.3 is 15.8 Å². The van der Waals surface area contributed by atoms with E-state index in [1.165, 1.54) is 7.11 Å². The molecule has 0 amide bonds. The molecule has 0 saturated heterocycles. The third kappa shape index (κ3) is 4.97. The molecule has 0 spiro atoms. The van der Waals surface area contributed by atoms with Gasteiger partial charge in [0.05, 0.1) is 0 Å². The highest BCUT2D eigenvalue weighted by atomic mass is 16.5. The van der Waals surface area contributed by atoms with Crippen molar-refractivity contribution in [2.75, 3.05) is 20.8 Å². The lowest BCUT2D eigenvalue weighted by Crippen LogP contribution is -2.20. The largest absolute Gasteiger partial charge is 0.394 e. The van der Waals surface area contributed by atoms with Crippen LogP contribution in [0.2, 0.25) is 0 Å². The van der Waals surface area contributed by atoms with Crippen LogP contribution in [-0.2, 0) is 4.74 Å². The molecule has 0 aliphatic carbocycles. The Morgan fingerprint density at radius 2 is 2.31 bits per heavy atom. The van der Waals surface area contributed by atoms with Gasteiger partial charge >= 0.3 is 0 Å². The van der Waals surface area contributed by atoms with Crippen molar-refractivity contribution in [1.29, 1.82) is 5.41 Å². The Bertz CT molecular complexity index is 232. The zero-order valence-corrected chi connectivity index (χ0v) is 8.22. The molecule has 0 aromatic carbocycles. The maximum Gasteiger partial charge on any atom is 0.151 e. The van der Waals surface area contributed by atoms with Gasteiger partial charge in [0.15, 0.2) is 5.84 Å². The average molecular weight is 184 g/mol. The summed E-state index contributed by atoms with van der Waals surface area (Å²) in [7, 11) is 3.29. The summed E-state index contributed by atoms with van der Waals surface area (Å²) in [5.74, 6) is 0.445. The number of nitrogens with one attached hydrogen (secondary N) is 2. The molecule has 5 nitrogen and oxygen atoms in total. The lowest BCUT2D eigenvalue weighted by atomic mass is 10.3. The van der Waals surface area contributed by atoms with Crippen LogP contribution in [0.15, 0.2) is 16.8 Å². The van der Waals surface area contributed by atoms with E-state index < -0.39 is 0 Å². The molecule has 0 saturated carbocycles. The summed E-state index contributed by atoms with van der Waals surface area (Å²) in [5.41, 5.74) is 6.18. The molecular weight excluding hydrogens is 168 g/mol. The topological polar surface area (TPSA) is 83.5 Å². The van der Waals surface area contributed by atoms with Crippen molar-refractivity contribution in [1.82, 2.24) is 5.32 Å². The third-order valence-electron chi connectivity index (χ3n) is 1.28. The molecule has 0 aliphatic heterocycles. The van der Waals surface area contributed by atoms with Crippen LogP contribution >= 0.6 is 0 Å². The van der Waals surface area contributed by atoms with Crippen LogP contribution in [0.25, 0.3) is 0 Å². The average Bonchev–Trinajstić information content (AvgIpc) is 2.05. The summed E-state index contributed by atoms with van der Waals surface area (Å²) in [6.45, 7) is 2.03. The summed E-state index contributed by atoms with van der Waals surface area (Å²) in [6, 6.07) is 0. The van der Waals surface area contributed by atoms with Gasteiger partial charge in [0.2, 0.25) is 0 Å². The second-order valence-electron chi connectivity index (χ2n) is 2.50. The molecule has 0 aromatic heterocycles. The molecule has 13 heavy (non-hydrogen) atoms. The molecule has 74 valence electrons. The maximum atomic E-state index is 7.48. The SMILES string of the molecule is CN/C=C(\C)C(=N)N=C(N)COC. The van der Waals surface area contributed by atoms with Crippen molar-refractivity contribution in [2.24, 2.45) is 10.7 Å². The van der Waals surface area contributed by atoms with E-state index in [0.29, 0.717) is 5.84 Å². The Morgan fingerprint density at radius 3 is 2.77 bits per heavy atom. The van der Waals surface area contributed by atoms with Crippen molar-refractivity contribution >= 4 is 11.7 Å². The number of hydrogen-bond acceptors (Lipinski definition) is 3. The summed E-state index contributed by atoms with van der Waals surface area (Å²) < 4.78 is 4.76. The standard InChI is InChI=1S/C8H16N4O/c1-6(4-11-2)8(10)12-7(9)5-13-3/h4,11H,5H2,1-3H3,(H3,9,10,12)/b6-4+. The maximum absolute atomic E-state index is 7.48. The van der Waals surface area contributed by atoms with Gasteiger partial charge in [0.1, 0.15) is 12.4 Å². The molecule has 0 unspecified atom stereocenters. The molecule has 0 aliphatic rings. The van der Waals surface area contributed by atoms with Crippen LogP contribution in [0.1, 0.15) is 6.92 Å². The van der Waals surface area contributed by atoms with Crippen LogP contribution in [-0.4, -0.2) is 32.4 Å². The minimum absolute atomic E-state index is 0.143. The normalized spacial score (nSPS) is 12.8. The predicted molar refractivity (Wildman–Crippen MR) is 54.0 cm³/mol. The Labute approximate surface area is 78.2 Å². The van der Waals surface area contributed by atoms with Crippen molar-refractivity contribution < 1.29 is 4.74 Å². The first-order valence-corrected chi connectivity index (χ1v) is 3.86. The number of methoxy groups -OCH3 is 1. The lowest BCUT2D eigenvalue weighted by molar-refractivity contribution is 0.244. The number of aliphatic imine (C=N–C) groups is 1.